The van der Waals surface area contributed by atoms with Crippen molar-refractivity contribution in [3.05, 3.63) is 22.9 Å². The zero-order chi connectivity index (χ0) is 14.3. The number of aromatic amines is 1. The normalized spacial score (nSPS) is 18.7. The molecule has 2 aromatic heterocycles. The van der Waals surface area contributed by atoms with Crippen molar-refractivity contribution in [2.24, 2.45) is 0 Å². The van der Waals surface area contributed by atoms with Gasteiger partial charge < -0.3 is 9.88 Å². The summed E-state index contributed by atoms with van der Waals surface area (Å²) in [5.41, 5.74) is 0.584. The van der Waals surface area contributed by atoms with Crippen molar-refractivity contribution in [1.29, 1.82) is 0 Å². The molecule has 1 aliphatic heterocycles. The van der Waals surface area contributed by atoms with Crippen LogP contribution in [0.25, 0.3) is 11.0 Å². The standard InChI is InChI=1S/C12H15BrN4O2S/c1-16-2-4-17(5-3-16)20(18,19)11-8-15-12-10(11)6-9(13)7-14-12/h6-8H,2-5H2,1H3,(H,14,15). The second kappa shape index (κ2) is 5.10. The van der Waals surface area contributed by atoms with Gasteiger partial charge in [0.25, 0.3) is 0 Å². The average Bonchev–Trinajstić information content (AvgIpc) is 2.82. The van der Waals surface area contributed by atoms with Gasteiger partial charge in [-0.05, 0) is 29.0 Å². The van der Waals surface area contributed by atoms with Gasteiger partial charge in [-0.2, -0.15) is 4.31 Å². The Kier molecular flexibility index (Phi) is 3.57. The SMILES string of the molecule is CN1CCN(S(=O)(=O)c2c[nH]c3ncc(Br)cc23)CC1. The van der Waals surface area contributed by atoms with Crippen LogP contribution in [-0.2, 0) is 10.0 Å². The van der Waals surface area contributed by atoms with Crippen molar-refractivity contribution < 1.29 is 8.42 Å². The molecule has 0 unspecified atom stereocenters. The topological polar surface area (TPSA) is 69.3 Å². The summed E-state index contributed by atoms with van der Waals surface area (Å²) in [5, 5.41) is 0.623. The molecular weight excluding hydrogens is 344 g/mol. The van der Waals surface area contributed by atoms with Crippen molar-refractivity contribution in [3.8, 4) is 0 Å². The molecule has 1 fully saturated rings. The number of rotatable bonds is 2. The summed E-state index contributed by atoms with van der Waals surface area (Å²) in [6.07, 6.45) is 3.17. The van der Waals surface area contributed by atoms with Crippen LogP contribution in [-0.4, -0.2) is 60.8 Å². The maximum atomic E-state index is 12.7. The van der Waals surface area contributed by atoms with Crippen LogP contribution in [0.15, 0.2) is 27.8 Å². The maximum absolute atomic E-state index is 12.7. The fourth-order valence-electron chi connectivity index (χ4n) is 2.33. The Bertz CT molecular complexity index is 735. The zero-order valence-electron chi connectivity index (χ0n) is 11.0. The fraction of sp³-hybridized carbons (Fsp3) is 0.417. The van der Waals surface area contributed by atoms with E-state index < -0.39 is 10.0 Å². The number of halogens is 1. The van der Waals surface area contributed by atoms with Crippen molar-refractivity contribution in [2.45, 2.75) is 4.90 Å². The lowest BCUT2D eigenvalue weighted by Gasteiger charge is -2.31. The van der Waals surface area contributed by atoms with Gasteiger partial charge in [0.1, 0.15) is 10.5 Å². The molecule has 0 radical (unpaired) electrons. The minimum atomic E-state index is -3.47. The first kappa shape index (κ1) is 14.0. The lowest BCUT2D eigenvalue weighted by molar-refractivity contribution is 0.222. The van der Waals surface area contributed by atoms with Crippen LogP contribution in [0, 0.1) is 0 Å². The van der Waals surface area contributed by atoms with E-state index in [1.54, 1.807) is 12.3 Å². The molecule has 0 spiro atoms. The number of pyridine rings is 1. The van der Waals surface area contributed by atoms with Gasteiger partial charge in [-0.3, -0.25) is 0 Å². The highest BCUT2D eigenvalue weighted by molar-refractivity contribution is 9.10. The predicted molar refractivity (Wildman–Crippen MR) is 80.0 cm³/mol. The van der Waals surface area contributed by atoms with Gasteiger partial charge >= 0.3 is 0 Å². The molecule has 3 heterocycles. The van der Waals surface area contributed by atoms with Gasteiger partial charge in [0.2, 0.25) is 10.0 Å². The Labute approximate surface area is 126 Å². The second-order valence-electron chi connectivity index (χ2n) is 4.91. The number of piperazine rings is 1. The highest BCUT2D eigenvalue weighted by Crippen LogP contribution is 2.27. The molecule has 3 rings (SSSR count). The first-order chi connectivity index (χ1) is 9.48. The monoisotopic (exact) mass is 358 g/mol. The third kappa shape index (κ3) is 2.37. The van der Waals surface area contributed by atoms with E-state index >= 15 is 0 Å². The van der Waals surface area contributed by atoms with E-state index in [9.17, 15) is 8.42 Å². The van der Waals surface area contributed by atoms with Crippen LogP contribution < -0.4 is 0 Å². The van der Waals surface area contributed by atoms with Gasteiger partial charge in [0.15, 0.2) is 0 Å². The minimum Gasteiger partial charge on any atom is -0.345 e. The summed E-state index contributed by atoms with van der Waals surface area (Å²) < 4.78 is 27.8. The third-order valence-corrected chi connectivity index (χ3v) is 5.91. The van der Waals surface area contributed by atoms with E-state index in [1.807, 2.05) is 7.05 Å². The van der Waals surface area contributed by atoms with E-state index in [-0.39, 0.29) is 0 Å². The Morgan fingerprint density at radius 3 is 2.70 bits per heavy atom. The van der Waals surface area contributed by atoms with Gasteiger partial charge in [-0.1, -0.05) is 0 Å². The van der Waals surface area contributed by atoms with E-state index in [1.165, 1.54) is 10.5 Å². The Hall–Kier alpha value is -0.960. The van der Waals surface area contributed by atoms with Crippen LogP contribution in [0.2, 0.25) is 0 Å². The van der Waals surface area contributed by atoms with Gasteiger partial charge in [0.05, 0.1) is 0 Å². The van der Waals surface area contributed by atoms with E-state index in [2.05, 4.69) is 30.8 Å². The minimum absolute atomic E-state index is 0.297. The Morgan fingerprint density at radius 1 is 1.30 bits per heavy atom. The summed E-state index contributed by atoms with van der Waals surface area (Å²) in [6.45, 7) is 2.55. The van der Waals surface area contributed by atoms with Crippen molar-refractivity contribution in [3.63, 3.8) is 0 Å². The molecule has 20 heavy (non-hydrogen) atoms. The molecule has 0 bridgehead atoms. The van der Waals surface area contributed by atoms with Crippen LogP contribution in [0.4, 0.5) is 0 Å². The average molecular weight is 359 g/mol. The highest BCUT2D eigenvalue weighted by Gasteiger charge is 2.29. The molecule has 6 nitrogen and oxygen atoms in total. The van der Waals surface area contributed by atoms with Crippen LogP contribution in [0.5, 0.6) is 0 Å². The number of fused-ring (bicyclic) bond motifs is 1. The first-order valence-electron chi connectivity index (χ1n) is 6.30. The Morgan fingerprint density at radius 2 is 2.00 bits per heavy atom. The maximum Gasteiger partial charge on any atom is 0.245 e. The first-order valence-corrected chi connectivity index (χ1v) is 8.53. The van der Waals surface area contributed by atoms with Crippen LogP contribution in [0.1, 0.15) is 0 Å². The van der Waals surface area contributed by atoms with Crippen LogP contribution in [0.3, 0.4) is 0 Å². The molecule has 108 valence electrons. The van der Waals surface area contributed by atoms with E-state index in [0.29, 0.717) is 29.0 Å². The molecule has 1 N–H and O–H groups in total. The fourth-order valence-corrected chi connectivity index (χ4v) is 4.23. The third-order valence-electron chi connectivity index (χ3n) is 3.54. The van der Waals surface area contributed by atoms with Gasteiger partial charge in [0, 0.05) is 48.4 Å². The van der Waals surface area contributed by atoms with Crippen molar-refractivity contribution >= 4 is 37.0 Å². The number of nitrogens with zero attached hydrogens (tertiary/aromatic N) is 3. The predicted octanol–water partition coefficient (Wildman–Crippen LogP) is 1.26. The number of likely N-dealkylation sites (N-methyl/N-ethyl adjacent to an activating group) is 1. The smallest absolute Gasteiger partial charge is 0.245 e. The largest absolute Gasteiger partial charge is 0.345 e. The molecular formula is C12H15BrN4O2S. The van der Waals surface area contributed by atoms with Gasteiger partial charge in [-0.15, -0.1) is 0 Å². The lowest BCUT2D eigenvalue weighted by Crippen LogP contribution is -2.46. The Balaban J connectivity index is 2.03. The number of H-pyrrole nitrogens is 1. The lowest BCUT2D eigenvalue weighted by atomic mass is 10.3. The van der Waals surface area contributed by atoms with Gasteiger partial charge in [-0.25, -0.2) is 13.4 Å². The summed E-state index contributed by atoms with van der Waals surface area (Å²) in [4.78, 5) is 9.52. The number of hydrogen-bond acceptors (Lipinski definition) is 4. The molecule has 0 atom stereocenters. The number of hydrogen-bond donors (Lipinski definition) is 1. The number of nitrogens with one attached hydrogen (secondary N) is 1. The molecule has 0 amide bonds. The highest BCUT2D eigenvalue weighted by atomic mass is 79.9. The summed E-state index contributed by atoms with van der Waals surface area (Å²) in [6, 6.07) is 1.78. The second-order valence-corrected chi connectivity index (χ2v) is 7.73. The quantitative estimate of drug-likeness (QED) is 0.877. The zero-order valence-corrected chi connectivity index (χ0v) is 13.4. The molecule has 2 aromatic rings. The van der Waals surface area contributed by atoms with Crippen molar-refractivity contribution in [1.82, 2.24) is 19.2 Å². The number of sulfonamides is 1. The van der Waals surface area contributed by atoms with Crippen LogP contribution >= 0.6 is 15.9 Å². The molecule has 1 saturated heterocycles. The molecule has 0 aromatic carbocycles. The molecule has 0 saturated carbocycles. The molecule has 0 aliphatic carbocycles. The van der Waals surface area contributed by atoms with E-state index in [0.717, 1.165) is 17.6 Å². The summed E-state index contributed by atoms with van der Waals surface area (Å²) in [7, 11) is -1.47. The van der Waals surface area contributed by atoms with E-state index in [4.69, 9.17) is 0 Å². The number of aromatic nitrogens is 2. The molecule has 8 heteroatoms. The molecule has 1 aliphatic rings. The summed E-state index contributed by atoms with van der Waals surface area (Å²) in [5.74, 6) is 0. The summed E-state index contributed by atoms with van der Waals surface area (Å²) >= 11 is 3.33. The van der Waals surface area contributed by atoms with Crippen molar-refractivity contribution in [2.75, 3.05) is 33.2 Å².